The van der Waals surface area contributed by atoms with Gasteiger partial charge in [0, 0.05) is 25.7 Å². The van der Waals surface area contributed by atoms with Gasteiger partial charge in [-0.3, -0.25) is 9.59 Å². The maximum atomic E-state index is 12.5. The van der Waals surface area contributed by atoms with Crippen LogP contribution in [0.25, 0.3) is 0 Å². The van der Waals surface area contributed by atoms with E-state index in [0.29, 0.717) is 44.0 Å². The fourth-order valence-electron chi connectivity index (χ4n) is 3.09. The van der Waals surface area contributed by atoms with Crippen molar-refractivity contribution in [1.29, 1.82) is 0 Å². The first-order valence-corrected chi connectivity index (χ1v) is 12.8. The lowest BCUT2D eigenvalue weighted by molar-refractivity contribution is -0.113. The van der Waals surface area contributed by atoms with E-state index >= 15 is 0 Å². The van der Waals surface area contributed by atoms with E-state index in [2.05, 4.69) is 20.5 Å². The maximum Gasteiger partial charge on any atom is 0.265 e. The fourth-order valence-corrected chi connectivity index (χ4v) is 5.02. The Hall–Kier alpha value is -2.63. The minimum Gasteiger partial charge on any atom is -0.483 e. The van der Waals surface area contributed by atoms with Gasteiger partial charge < -0.3 is 19.5 Å². The first kappa shape index (κ1) is 26.0. The standard InChI is InChI=1S/C22H27ClN6O3S2/c1-7-29-19(14(4)32-15-8-9-16(23)12(2)10-15)26-27-22(29)33-11-17(30)25-21-24-13(3)18(34-21)20(31)28(5)6/h8-10,14H,7,11H2,1-6H3,(H,24,25,30). The number of hydrogen-bond donors (Lipinski definition) is 1. The van der Waals surface area contributed by atoms with Crippen molar-refractivity contribution in [2.75, 3.05) is 25.2 Å². The first-order valence-electron chi connectivity index (χ1n) is 10.6. The van der Waals surface area contributed by atoms with Crippen molar-refractivity contribution in [3.05, 3.63) is 45.2 Å². The van der Waals surface area contributed by atoms with Crippen molar-refractivity contribution in [1.82, 2.24) is 24.6 Å². The molecule has 2 amide bonds. The van der Waals surface area contributed by atoms with Crippen LogP contribution in [0.4, 0.5) is 5.13 Å². The summed E-state index contributed by atoms with van der Waals surface area (Å²) < 4.78 is 7.96. The lowest BCUT2D eigenvalue weighted by Crippen LogP contribution is -2.21. The second-order valence-electron chi connectivity index (χ2n) is 7.73. The number of thiazole rings is 1. The summed E-state index contributed by atoms with van der Waals surface area (Å²) in [5, 5.41) is 13.0. The van der Waals surface area contributed by atoms with Crippen LogP contribution in [0.5, 0.6) is 5.75 Å². The third-order valence-corrected chi connectivity index (χ3v) is 7.29. The molecule has 0 aliphatic rings. The van der Waals surface area contributed by atoms with Gasteiger partial charge in [-0.15, -0.1) is 10.2 Å². The van der Waals surface area contributed by atoms with Gasteiger partial charge in [0.2, 0.25) is 5.91 Å². The van der Waals surface area contributed by atoms with Crippen molar-refractivity contribution in [2.24, 2.45) is 0 Å². The van der Waals surface area contributed by atoms with Crippen LogP contribution in [0.1, 0.15) is 46.7 Å². The number of amides is 2. The normalized spacial score (nSPS) is 11.9. The fraction of sp³-hybridized carbons (Fsp3) is 0.409. The zero-order valence-electron chi connectivity index (χ0n) is 19.9. The van der Waals surface area contributed by atoms with E-state index in [9.17, 15) is 9.59 Å². The number of nitrogens with zero attached hydrogens (tertiary/aromatic N) is 5. The number of carbonyl (C=O) groups excluding carboxylic acids is 2. The molecule has 1 atom stereocenters. The number of benzene rings is 1. The minimum atomic E-state index is -0.345. The molecule has 9 nitrogen and oxygen atoms in total. The number of anilines is 1. The Kier molecular flexibility index (Phi) is 8.56. The van der Waals surface area contributed by atoms with Crippen molar-refractivity contribution < 1.29 is 14.3 Å². The van der Waals surface area contributed by atoms with Crippen LogP contribution in [0, 0.1) is 13.8 Å². The summed E-state index contributed by atoms with van der Waals surface area (Å²) in [6.45, 7) is 8.18. The number of carbonyl (C=O) groups is 2. The Labute approximate surface area is 211 Å². The Bertz CT molecular complexity index is 1190. The van der Waals surface area contributed by atoms with E-state index in [4.69, 9.17) is 16.3 Å². The summed E-state index contributed by atoms with van der Waals surface area (Å²) in [6, 6.07) is 5.49. The molecule has 0 spiro atoms. The largest absolute Gasteiger partial charge is 0.483 e. The molecule has 3 rings (SSSR count). The highest BCUT2D eigenvalue weighted by atomic mass is 35.5. The molecule has 0 saturated carbocycles. The monoisotopic (exact) mass is 522 g/mol. The number of ether oxygens (including phenoxy) is 1. The molecule has 0 saturated heterocycles. The molecule has 3 aromatic rings. The Morgan fingerprint density at radius 2 is 2.03 bits per heavy atom. The average Bonchev–Trinajstić information content (AvgIpc) is 3.36. The summed E-state index contributed by atoms with van der Waals surface area (Å²) in [5.41, 5.74) is 1.52. The number of hydrogen-bond acceptors (Lipinski definition) is 8. The van der Waals surface area contributed by atoms with E-state index < -0.39 is 0 Å². The molecular weight excluding hydrogens is 496 g/mol. The van der Waals surface area contributed by atoms with Crippen LogP contribution < -0.4 is 10.1 Å². The van der Waals surface area contributed by atoms with Gasteiger partial charge in [-0.25, -0.2) is 4.98 Å². The summed E-state index contributed by atoms with van der Waals surface area (Å²) in [6.07, 6.45) is -0.345. The first-order chi connectivity index (χ1) is 16.1. The summed E-state index contributed by atoms with van der Waals surface area (Å²) in [7, 11) is 3.36. The van der Waals surface area contributed by atoms with Crippen molar-refractivity contribution in [2.45, 2.75) is 45.5 Å². The predicted octanol–water partition coefficient (Wildman–Crippen LogP) is 4.60. The topological polar surface area (TPSA) is 102 Å². The van der Waals surface area contributed by atoms with Crippen LogP contribution in [0.2, 0.25) is 5.02 Å². The lowest BCUT2D eigenvalue weighted by Gasteiger charge is -2.16. The smallest absolute Gasteiger partial charge is 0.265 e. The number of nitrogens with one attached hydrogen (secondary N) is 1. The van der Waals surface area contributed by atoms with Gasteiger partial charge in [-0.1, -0.05) is 34.7 Å². The second kappa shape index (κ2) is 11.2. The van der Waals surface area contributed by atoms with Crippen LogP contribution >= 0.6 is 34.7 Å². The van der Waals surface area contributed by atoms with Crippen LogP contribution in [0.15, 0.2) is 23.4 Å². The van der Waals surface area contributed by atoms with Gasteiger partial charge >= 0.3 is 0 Å². The molecule has 0 aliphatic carbocycles. The van der Waals surface area contributed by atoms with E-state index in [0.717, 1.165) is 16.9 Å². The Morgan fingerprint density at radius 1 is 1.29 bits per heavy atom. The van der Waals surface area contributed by atoms with Crippen LogP contribution in [-0.4, -0.2) is 56.3 Å². The lowest BCUT2D eigenvalue weighted by atomic mass is 10.2. The average molecular weight is 523 g/mol. The molecule has 0 fully saturated rings. The summed E-state index contributed by atoms with van der Waals surface area (Å²) >= 11 is 8.53. The molecule has 12 heteroatoms. The molecule has 1 N–H and O–H groups in total. The molecule has 0 aliphatic heterocycles. The summed E-state index contributed by atoms with van der Waals surface area (Å²) in [4.78, 5) is 31.0. The van der Waals surface area contributed by atoms with Crippen molar-refractivity contribution >= 4 is 51.6 Å². The molecule has 0 bridgehead atoms. The van der Waals surface area contributed by atoms with Crippen LogP contribution in [-0.2, 0) is 11.3 Å². The zero-order valence-corrected chi connectivity index (χ0v) is 22.3. The van der Waals surface area contributed by atoms with Crippen molar-refractivity contribution in [3.8, 4) is 5.75 Å². The zero-order chi connectivity index (χ0) is 25.0. The molecule has 182 valence electrons. The minimum absolute atomic E-state index is 0.124. The van der Waals surface area contributed by atoms with E-state index in [1.807, 2.05) is 37.5 Å². The van der Waals surface area contributed by atoms with Gasteiger partial charge in [0.25, 0.3) is 5.91 Å². The predicted molar refractivity (Wildman–Crippen MR) is 135 cm³/mol. The molecule has 0 radical (unpaired) electrons. The number of aryl methyl sites for hydroxylation is 2. The quantitative estimate of drug-likeness (QED) is 0.410. The number of halogens is 1. The Morgan fingerprint density at radius 3 is 2.68 bits per heavy atom. The van der Waals surface area contributed by atoms with Crippen molar-refractivity contribution in [3.63, 3.8) is 0 Å². The number of rotatable bonds is 9. The molecule has 2 aromatic heterocycles. The van der Waals surface area contributed by atoms with Gasteiger partial charge in [0.05, 0.1) is 11.4 Å². The molecule has 2 heterocycles. The van der Waals surface area contributed by atoms with E-state index in [-0.39, 0.29) is 23.7 Å². The highest BCUT2D eigenvalue weighted by molar-refractivity contribution is 7.99. The maximum absolute atomic E-state index is 12.5. The Balaban J connectivity index is 1.63. The highest BCUT2D eigenvalue weighted by Crippen LogP contribution is 2.28. The second-order valence-corrected chi connectivity index (χ2v) is 10.1. The van der Waals surface area contributed by atoms with Gasteiger partial charge in [-0.05, 0) is 51.5 Å². The molecule has 1 aromatic carbocycles. The van der Waals surface area contributed by atoms with E-state index in [1.165, 1.54) is 16.7 Å². The molecule has 1 unspecified atom stereocenters. The van der Waals surface area contributed by atoms with E-state index in [1.54, 1.807) is 27.1 Å². The number of thioether (sulfide) groups is 1. The SMILES string of the molecule is CCn1c(SCC(=O)Nc2nc(C)c(C(=O)N(C)C)s2)nnc1C(C)Oc1ccc(Cl)c(C)c1. The van der Waals surface area contributed by atoms with Crippen LogP contribution in [0.3, 0.4) is 0 Å². The van der Waals surface area contributed by atoms with Gasteiger partial charge in [0.15, 0.2) is 22.2 Å². The van der Waals surface area contributed by atoms with Gasteiger partial charge in [0.1, 0.15) is 10.6 Å². The van der Waals surface area contributed by atoms with Gasteiger partial charge in [-0.2, -0.15) is 0 Å². The summed E-state index contributed by atoms with van der Waals surface area (Å²) in [5.74, 6) is 1.11. The molecule has 34 heavy (non-hydrogen) atoms. The number of aromatic nitrogens is 4. The third-order valence-electron chi connectivity index (χ3n) is 4.84. The third kappa shape index (κ3) is 6.08. The molecular formula is C22H27ClN6O3S2. The highest BCUT2D eigenvalue weighted by Gasteiger charge is 2.21.